The van der Waals surface area contributed by atoms with E-state index in [9.17, 15) is 4.79 Å². The Morgan fingerprint density at radius 3 is 2.61 bits per heavy atom. The number of hydrogen-bond acceptors (Lipinski definition) is 5. The maximum absolute atomic E-state index is 12.6. The van der Waals surface area contributed by atoms with Crippen LogP contribution in [0.2, 0.25) is 0 Å². The molecule has 120 valence electrons. The van der Waals surface area contributed by atoms with Crippen molar-refractivity contribution in [2.45, 2.75) is 6.42 Å². The van der Waals surface area contributed by atoms with Crippen molar-refractivity contribution in [2.24, 2.45) is 0 Å². The summed E-state index contributed by atoms with van der Waals surface area (Å²) in [6, 6.07) is 9.31. The topological polar surface area (TPSA) is 75.3 Å². The van der Waals surface area contributed by atoms with Gasteiger partial charge in [0.2, 0.25) is 5.95 Å². The maximum Gasteiger partial charge on any atom is 0.253 e. The van der Waals surface area contributed by atoms with Gasteiger partial charge in [-0.25, -0.2) is 9.97 Å². The Bertz CT molecular complexity index is 686. The molecule has 1 fully saturated rings. The molecule has 0 atom stereocenters. The SMILES string of the molecule is CN1CCCN(C(=O)c2ccc(-c3ccnc(N)n3)cc2)CC1. The summed E-state index contributed by atoms with van der Waals surface area (Å²) in [7, 11) is 2.09. The number of carbonyl (C=O) groups is 1. The Kier molecular flexibility index (Phi) is 4.52. The van der Waals surface area contributed by atoms with Crippen LogP contribution in [0.25, 0.3) is 11.3 Å². The predicted molar refractivity (Wildman–Crippen MR) is 89.9 cm³/mol. The van der Waals surface area contributed by atoms with Crippen molar-refractivity contribution in [2.75, 3.05) is 39.0 Å². The van der Waals surface area contributed by atoms with Crippen molar-refractivity contribution >= 4 is 11.9 Å². The second-order valence-electron chi connectivity index (χ2n) is 5.83. The highest BCUT2D eigenvalue weighted by Crippen LogP contribution is 2.18. The van der Waals surface area contributed by atoms with Crippen LogP contribution < -0.4 is 5.73 Å². The third-order valence-electron chi connectivity index (χ3n) is 4.11. The van der Waals surface area contributed by atoms with Crippen LogP contribution in [0.1, 0.15) is 16.8 Å². The number of likely N-dealkylation sites (N-methyl/N-ethyl adjacent to an activating group) is 1. The molecule has 1 aliphatic rings. The molecule has 6 heteroatoms. The molecule has 2 heterocycles. The van der Waals surface area contributed by atoms with Gasteiger partial charge in [0, 0.05) is 37.0 Å². The fraction of sp³-hybridized carbons (Fsp3) is 0.353. The third kappa shape index (κ3) is 3.65. The number of nitrogens with zero attached hydrogens (tertiary/aromatic N) is 4. The molecule has 0 spiro atoms. The van der Waals surface area contributed by atoms with E-state index in [2.05, 4.69) is 21.9 Å². The number of hydrogen-bond donors (Lipinski definition) is 1. The smallest absolute Gasteiger partial charge is 0.253 e. The predicted octanol–water partition coefficient (Wildman–Crippen LogP) is 1.50. The number of aromatic nitrogens is 2. The molecule has 3 rings (SSSR count). The Balaban J connectivity index is 1.75. The van der Waals surface area contributed by atoms with Crippen LogP contribution in [0.3, 0.4) is 0 Å². The summed E-state index contributed by atoms with van der Waals surface area (Å²) in [6.45, 7) is 3.55. The molecular formula is C17H21N5O. The van der Waals surface area contributed by atoms with Crippen LogP contribution in [0.15, 0.2) is 36.5 Å². The first-order chi connectivity index (χ1) is 11.1. The second-order valence-corrected chi connectivity index (χ2v) is 5.83. The van der Waals surface area contributed by atoms with Crippen molar-refractivity contribution in [1.82, 2.24) is 19.8 Å². The zero-order valence-corrected chi connectivity index (χ0v) is 13.3. The number of nitrogen functional groups attached to an aromatic ring is 1. The normalized spacial score (nSPS) is 16.1. The van der Waals surface area contributed by atoms with Crippen LogP contribution in [0.5, 0.6) is 0 Å². The van der Waals surface area contributed by atoms with Gasteiger partial charge in [0.1, 0.15) is 0 Å². The molecule has 23 heavy (non-hydrogen) atoms. The van der Waals surface area contributed by atoms with E-state index in [4.69, 9.17) is 5.73 Å². The van der Waals surface area contributed by atoms with Crippen LogP contribution >= 0.6 is 0 Å². The minimum atomic E-state index is 0.0917. The second kappa shape index (κ2) is 6.75. The van der Waals surface area contributed by atoms with Gasteiger partial charge in [-0.05, 0) is 38.2 Å². The third-order valence-corrected chi connectivity index (χ3v) is 4.11. The molecular weight excluding hydrogens is 290 g/mol. The van der Waals surface area contributed by atoms with Gasteiger partial charge in [0.25, 0.3) is 5.91 Å². The first kappa shape index (κ1) is 15.4. The lowest BCUT2D eigenvalue weighted by Crippen LogP contribution is -2.34. The van der Waals surface area contributed by atoms with E-state index in [-0.39, 0.29) is 11.9 Å². The minimum absolute atomic E-state index is 0.0917. The van der Waals surface area contributed by atoms with Gasteiger partial charge in [-0.15, -0.1) is 0 Å². The highest BCUT2D eigenvalue weighted by molar-refractivity contribution is 5.94. The van der Waals surface area contributed by atoms with Crippen molar-refractivity contribution < 1.29 is 4.79 Å². The monoisotopic (exact) mass is 311 g/mol. The average Bonchev–Trinajstić information content (AvgIpc) is 2.79. The van der Waals surface area contributed by atoms with Gasteiger partial charge < -0.3 is 15.5 Å². The summed E-state index contributed by atoms with van der Waals surface area (Å²) >= 11 is 0. The van der Waals surface area contributed by atoms with E-state index >= 15 is 0 Å². The molecule has 0 radical (unpaired) electrons. The lowest BCUT2D eigenvalue weighted by atomic mass is 10.1. The summed E-state index contributed by atoms with van der Waals surface area (Å²) in [5.74, 6) is 0.338. The summed E-state index contributed by atoms with van der Waals surface area (Å²) in [5.41, 5.74) is 8.00. The molecule has 1 amide bonds. The van der Waals surface area contributed by atoms with Gasteiger partial charge in [-0.2, -0.15) is 0 Å². The molecule has 1 aromatic heterocycles. The molecule has 2 N–H and O–H groups in total. The summed E-state index contributed by atoms with van der Waals surface area (Å²) in [4.78, 5) is 24.9. The fourth-order valence-corrected chi connectivity index (χ4v) is 2.75. The number of carbonyl (C=O) groups excluding carboxylic acids is 1. The Labute approximate surface area is 135 Å². The molecule has 6 nitrogen and oxygen atoms in total. The van der Waals surface area contributed by atoms with Crippen molar-refractivity contribution in [1.29, 1.82) is 0 Å². The molecule has 1 saturated heterocycles. The van der Waals surface area contributed by atoms with E-state index < -0.39 is 0 Å². The molecule has 0 bridgehead atoms. The van der Waals surface area contributed by atoms with E-state index in [1.54, 1.807) is 12.3 Å². The molecule has 0 unspecified atom stereocenters. The van der Waals surface area contributed by atoms with E-state index in [0.29, 0.717) is 5.56 Å². The lowest BCUT2D eigenvalue weighted by Gasteiger charge is -2.20. The molecule has 1 aliphatic heterocycles. The Morgan fingerprint density at radius 2 is 1.87 bits per heavy atom. The molecule has 1 aromatic carbocycles. The average molecular weight is 311 g/mol. The maximum atomic E-state index is 12.6. The zero-order chi connectivity index (χ0) is 16.2. The number of nitrogens with two attached hydrogens (primary N) is 1. The highest BCUT2D eigenvalue weighted by Gasteiger charge is 2.18. The molecule has 0 saturated carbocycles. The molecule has 2 aromatic rings. The van der Waals surface area contributed by atoms with Gasteiger partial charge in [-0.3, -0.25) is 4.79 Å². The van der Waals surface area contributed by atoms with Crippen molar-refractivity contribution in [3.05, 3.63) is 42.1 Å². The standard InChI is InChI=1S/C17H21N5O/c1-21-9-2-10-22(12-11-21)16(23)14-5-3-13(4-6-14)15-7-8-19-17(18)20-15/h3-8H,2,9-12H2,1H3,(H2,18,19,20). The number of benzene rings is 1. The Morgan fingerprint density at radius 1 is 1.09 bits per heavy atom. The fourth-order valence-electron chi connectivity index (χ4n) is 2.75. The lowest BCUT2D eigenvalue weighted by molar-refractivity contribution is 0.0763. The van der Waals surface area contributed by atoms with Gasteiger partial charge in [0.15, 0.2) is 0 Å². The van der Waals surface area contributed by atoms with E-state index in [0.717, 1.165) is 43.9 Å². The van der Waals surface area contributed by atoms with Crippen LogP contribution in [0.4, 0.5) is 5.95 Å². The summed E-state index contributed by atoms with van der Waals surface area (Å²) in [5, 5.41) is 0. The number of rotatable bonds is 2. The largest absolute Gasteiger partial charge is 0.368 e. The van der Waals surface area contributed by atoms with Crippen LogP contribution in [-0.4, -0.2) is 58.9 Å². The summed E-state index contributed by atoms with van der Waals surface area (Å²) < 4.78 is 0. The van der Waals surface area contributed by atoms with Crippen molar-refractivity contribution in [3.8, 4) is 11.3 Å². The zero-order valence-electron chi connectivity index (χ0n) is 13.3. The number of amides is 1. The van der Waals surface area contributed by atoms with Gasteiger partial charge >= 0.3 is 0 Å². The Hall–Kier alpha value is -2.47. The van der Waals surface area contributed by atoms with Gasteiger partial charge in [-0.1, -0.05) is 12.1 Å². The molecule has 0 aliphatic carbocycles. The van der Waals surface area contributed by atoms with Gasteiger partial charge in [0.05, 0.1) is 5.69 Å². The van der Waals surface area contributed by atoms with E-state index in [1.807, 2.05) is 29.2 Å². The quantitative estimate of drug-likeness (QED) is 0.910. The summed E-state index contributed by atoms with van der Waals surface area (Å²) in [6.07, 6.45) is 2.64. The highest BCUT2D eigenvalue weighted by atomic mass is 16.2. The van der Waals surface area contributed by atoms with E-state index in [1.165, 1.54) is 0 Å². The van der Waals surface area contributed by atoms with Crippen molar-refractivity contribution in [3.63, 3.8) is 0 Å². The first-order valence-corrected chi connectivity index (χ1v) is 7.80. The van der Waals surface area contributed by atoms with Crippen LogP contribution in [-0.2, 0) is 0 Å². The first-order valence-electron chi connectivity index (χ1n) is 7.80. The van der Waals surface area contributed by atoms with Crippen LogP contribution in [0, 0.1) is 0 Å². The minimum Gasteiger partial charge on any atom is -0.368 e. The number of anilines is 1.